The van der Waals surface area contributed by atoms with Gasteiger partial charge in [0, 0.05) is 26.2 Å². The van der Waals surface area contributed by atoms with E-state index in [-0.39, 0.29) is 18.1 Å². The molecule has 0 aliphatic carbocycles. The lowest BCUT2D eigenvalue weighted by Gasteiger charge is -2.18. The summed E-state index contributed by atoms with van der Waals surface area (Å²) in [4.78, 5) is 4.35. The van der Waals surface area contributed by atoms with Crippen molar-refractivity contribution in [2.75, 3.05) is 38.5 Å². The molecule has 26 heavy (non-hydrogen) atoms. The van der Waals surface area contributed by atoms with E-state index in [2.05, 4.69) is 15.6 Å². The van der Waals surface area contributed by atoms with Crippen LogP contribution in [-0.2, 0) is 16.4 Å². The summed E-state index contributed by atoms with van der Waals surface area (Å²) in [5.74, 6) is 0.341. The van der Waals surface area contributed by atoms with Crippen molar-refractivity contribution in [3.05, 3.63) is 35.1 Å². The molecule has 1 aromatic rings. The summed E-state index contributed by atoms with van der Waals surface area (Å²) >= 11 is 0. The van der Waals surface area contributed by atoms with E-state index in [1.807, 2.05) is 27.7 Å². The van der Waals surface area contributed by atoms with Gasteiger partial charge in [0.1, 0.15) is 5.82 Å². The summed E-state index contributed by atoms with van der Waals surface area (Å²) < 4.78 is 39.0. The van der Waals surface area contributed by atoms with Gasteiger partial charge in [-0.15, -0.1) is 0 Å². The number of aryl methyl sites for hydroxylation is 1. The number of halogens is 1. The summed E-state index contributed by atoms with van der Waals surface area (Å²) in [5.41, 5.74) is 1.98. The first-order chi connectivity index (χ1) is 12.3. The summed E-state index contributed by atoms with van der Waals surface area (Å²) in [6.07, 6.45) is 0.730. The average molecular weight is 387 g/mol. The topological polar surface area (TPSA) is 73.8 Å². The number of aliphatic imine (C=N–C) groups is 1. The zero-order valence-corrected chi connectivity index (χ0v) is 17.0. The van der Waals surface area contributed by atoms with Crippen molar-refractivity contribution >= 4 is 16.0 Å². The predicted molar refractivity (Wildman–Crippen MR) is 106 cm³/mol. The fraction of sp³-hybridized carbons (Fsp3) is 0.611. The minimum Gasteiger partial charge on any atom is -0.357 e. The van der Waals surface area contributed by atoms with Gasteiger partial charge in [0.05, 0.1) is 12.3 Å². The van der Waals surface area contributed by atoms with Crippen LogP contribution in [0.5, 0.6) is 0 Å². The Morgan fingerprint density at radius 2 is 1.88 bits per heavy atom. The van der Waals surface area contributed by atoms with Crippen molar-refractivity contribution in [3.8, 4) is 0 Å². The Balaban J connectivity index is 2.58. The number of hydrogen-bond donors (Lipinski definition) is 2. The van der Waals surface area contributed by atoms with Crippen molar-refractivity contribution in [2.24, 2.45) is 4.99 Å². The normalized spacial score (nSPS) is 12.5. The van der Waals surface area contributed by atoms with Crippen molar-refractivity contribution < 1.29 is 12.8 Å². The third-order valence-corrected chi connectivity index (χ3v) is 6.06. The summed E-state index contributed by atoms with van der Waals surface area (Å²) in [6, 6.07) is 4.76. The second-order valence-corrected chi connectivity index (χ2v) is 8.00. The number of rotatable bonds is 10. The van der Waals surface area contributed by atoms with Gasteiger partial charge < -0.3 is 10.6 Å². The highest BCUT2D eigenvalue weighted by Crippen LogP contribution is 2.10. The molecule has 0 aromatic heterocycles. The SMILES string of the molecule is CCNC(=NCCS(=O)(=O)N(CC)CC)NCCc1ccc(F)cc1C. The van der Waals surface area contributed by atoms with E-state index < -0.39 is 10.0 Å². The number of nitrogens with zero attached hydrogens (tertiary/aromatic N) is 2. The maximum absolute atomic E-state index is 13.1. The van der Waals surface area contributed by atoms with E-state index in [0.29, 0.717) is 32.1 Å². The van der Waals surface area contributed by atoms with Crippen molar-refractivity contribution in [1.29, 1.82) is 0 Å². The molecule has 148 valence electrons. The number of guanidine groups is 1. The van der Waals surface area contributed by atoms with Crippen molar-refractivity contribution in [3.63, 3.8) is 0 Å². The molecule has 0 saturated carbocycles. The third-order valence-electron chi connectivity index (χ3n) is 4.05. The summed E-state index contributed by atoms with van der Waals surface area (Å²) in [6.45, 7) is 9.94. The van der Waals surface area contributed by atoms with Crippen LogP contribution in [0.15, 0.2) is 23.2 Å². The quantitative estimate of drug-likeness (QED) is 0.476. The maximum Gasteiger partial charge on any atom is 0.215 e. The molecular formula is C18H31FN4O2S. The standard InChI is InChI=1S/C18H31FN4O2S/c1-5-20-18(22-12-13-26(24,25)23(6-2)7-3)21-11-10-16-8-9-17(19)14-15(16)4/h8-9,14H,5-7,10-13H2,1-4H3,(H2,20,21,22). The van der Waals surface area contributed by atoms with Crippen LogP contribution in [0.1, 0.15) is 31.9 Å². The van der Waals surface area contributed by atoms with Crippen LogP contribution in [0.25, 0.3) is 0 Å². The third kappa shape index (κ3) is 7.29. The number of benzene rings is 1. The first kappa shape index (κ1) is 22.4. The monoisotopic (exact) mass is 386 g/mol. The number of nitrogens with one attached hydrogen (secondary N) is 2. The molecule has 0 bridgehead atoms. The first-order valence-electron chi connectivity index (χ1n) is 9.09. The van der Waals surface area contributed by atoms with Gasteiger partial charge in [-0.3, -0.25) is 4.99 Å². The molecule has 0 heterocycles. The fourth-order valence-electron chi connectivity index (χ4n) is 2.62. The van der Waals surface area contributed by atoms with Gasteiger partial charge in [-0.1, -0.05) is 19.9 Å². The zero-order chi connectivity index (χ0) is 19.6. The number of hydrogen-bond acceptors (Lipinski definition) is 3. The van der Waals surface area contributed by atoms with Gasteiger partial charge in [0.2, 0.25) is 10.0 Å². The highest BCUT2D eigenvalue weighted by Gasteiger charge is 2.17. The van der Waals surface area contributed by atoms with Crippen LogP contribution >= 0.6 is 0 Å². The lowest BCUT2D eigenvalue weighted by molar-refractivity contribution is 0.445. The van der Waals surface area contributed by atoms with E-state index >= 15 is 0 Å². The molecule has 0 aliphatic heterocycles. The smallest absolute Gasteiger partial charge is 0.215 e. The molecule has 0 atom stereocenters. The van der Waals surface area contributed by atoms with E-state index in [1.54, 1.807) is 6.07 Å². The van der Waals surface area contributed by atoms with E-state index in [9.17, 15) is 12.8 Å². The average Bonchev–Trinajstić information content (AvgIpc) is 2.57. The highest BCUT2D eigenvalue weighted by atomic mass is 32.2. The van der Waals surface area contributed by atoms with Crippen molar-refractivity contribution in [2.45, 2.75) is 34.1 Å². The molecule has 0 spiro atoms. The summed E-state index contributed by atoms with van der Waals surface area (Å²) in [7, 11) is -3.27. The Bertz CT molecular complexity index is 688. The Morgan fingerprint density at radius 1 is 1.19 bits per heavy atom. The van der Waals surface area contributed by atoms with E-state index in [0.717, 1.165) is 17.5 Å². The van der Waals surface area contributed by atoms with E-state index in [1.165, 1.54) is 16.4 Å². The van der Waals surface area contributed by atoms with E-state index in [4.69, 9.17) is 0 Å². The molecule has 0 amide bonds. The van der Waals surface area contributed by atoms with Gasteiger partial charge in [0.25, 0.3) is 0 Å². The molecule has 0 saturated heterocycles. The molecule has 0 radical (unpaired) electrons. The highest BCUT2D eigenvalue weighted by molar-refractivity contribution is 7.89. The Kier molecular flexibility index (Phi) is 9.58. The minimum atomic E-state index is -3.27. The molecule has 1 aromatic carbocycles. The van der Waals surface area contributed by atoms with Crippen LogP contribution in [0.2, 0.25) is 0 Å². The molecular weight excluding hydrogens is 355 g/mol. The number of sulfonamides is 1. The Hall–Kier alpha value is -1.67. The van der Waals surface area contributed by atoms with Gasteiger partial charge >= 0.3 is 0 Å². The molecule has 0 aliphatic rings. The molecule has 2 N–H and O–H groups in total. The second kappa shape index (κ2) is 11.1. The van der Waals surface area contributed by atoms with Crippen LogP contribution < -0.4 is 10.6 Å². The largest absolute Gasteiger partial charge is 0.357 e. The molecule has 0 fully saturated rings. The van der Waals surface area contributed by atoms with Gasteiger partial charge in [0.15, 0.2) is 5.96 Å². The van der Waals surface area contributed by atoms with Crippen LogP contribution in [-0.4, -0.2) is 57.2 Å². The van der Waals surface area contributed by atoms with Crippen LogP contribution in [0, 0.1) is 12.7 Å². The lowest BCUT2D eigenvalue weighted by atomic mass is 10.1. The Morgan fingerprint density at radius 3 is 2.46 bits per heavy atom. The lowest BCUT2D eigenvalue weighted by Crippen LogP contribution is -2.39. The van der Waals surface area contributed by atoms with Crippen molar-refractivity contribution in [1.82, 2.24) is 14.9 Å². The first-order valence-corrected chi connectivity index (χ1v) is 10.7. The fourth-order valence-corrected chi connectivity index (χ4v) is 3.98. The zero-order valence-electron chi connectivity index (χ0n) is 16.2. The summed E-state index contributed by atoms with van der Waals surface area (Å²) in [5, 5.41) is 6.30. The van der Waals surface area contributed by atoms with Gasteiger partial charge in [-0.25, -0.2) is 17.1 Å². The molecule has 0 unspecified atom stereocenters. The van der Waals surface area contributed by atoms with Crippen LogP contribution in [0.4, 0.5) is 4.39 Å². The Labute approximate surface area is 156 Å². The maximum atomic E-state index is 13.1. The van der Waals surface area contributed by atoms with Crippen LogP contribution in [0.3, 0.4) is 0 Å². The second-order valence-electron chi connectivity index (χ2n) is 5.91. The minimum absolute atomic E-state index is 0.0116. The van der Waals surface area contributed by atoms with Gasteiger partial charge in [-0.05, 0) is 43.5 Å². The molecule has 6 nitrogen and oxygen atoms in total. The predicted octanol–water partition coefficient (Wildman–Crippen LogP) is 1.90. The molecule has 8 heteroatoms. The molecule has 1 rings (SSSR count). The van der Waals surface area contributed by atoms with Gasteiger partial charge in [-0.2, -0.15) is 0 Å².